The molecular weight excluding hydrogens is 418 g/mol. The second kappa shape index (κ2) is 12.0. The normalized spacial score (nSPS) is 14.2. The highest BCUT2D eigenvalue weighted by atomic mass is 16.5. The topological polar surface area (TPSA) is 73.6 Å². The van der Waals surface area contributed by atoms with Crippen LogP contribution in [0.15, 0.2) is 30.3 Å². The van der Waals surface area contributed by atoms with Gasteiger partial charge in [-0.1, -0.05) is 19.9 Å². The van der Waals surface area contributed by atoms with Crippen molar-refractivity contribution < 1.29 is 14.3 Å². The average Bonchev–Trinajstić information content (AvgIpc) is 3.38. The summed E-state index contributed by atoms with van der Waals surface area (Å²) >= 11 is 0. The highest BCUT2D eigenvalue weighted by Crippen LogP contribution is 2.27. The van der Waals surface area contributed by atoms with Crippen molar-refractivity contribution in [2.45, 2.75) is 27.3 Å². The number of rotatable bonds is 8. The molecule has 8 nitrogen and oxygen atoms in total. The van der Waals surface area contributed by atoms with E-state index in [1.54, 1.807) is 11.8 Å². The molecule has 3 heterocycles. The lowest BCUT2D eigenvalue weighted by Gasteiger charge is -2.26. The fraction of sp³-hybridized carbons (Fsp3) is 0.520. The number of hydrogen-bond acceptors (Lipinski definition) is 5. The predicted octanol–water partition coefficient (Wildman–Crippen LogP) is 3.08. The lowest BCUT2D eigenvalue weighted by atomic mass is 10.1. The molecule has 0 aliphatic carbocycles. The van der Waals surface area contributed by atoms with Crippen molar-refractivity contribution in [2.24, 2.45) is 7.05 Å². The summed E-state index contributed by atoms with van der Waals surface area (Å²) in [5, 5.41) is 8.60. The van der Waals surface area contributed by atoms with E-state index in [-0.39, 0.29) is 5.91 Å². The molecule has 1 N–H and O–H groups in total. The molecule has 1 fully saturated rings. The number of morpholine rings is 1. The quantitative estimate of drug-likeness (QED) is 0.565. The van der Waals surface area contributed by atoms with Gasteiger partial charge in [0.15, 0.2) is 5.69 Å². The monoisotopic (exact) mass is 455 g/mol. The molecule has 4 rings (SSSR count). The number of aryl methyl sites for hydroxylation is 2. The Morgan fingerprint density at radius 1 is 1.15 bits per heavy atom. The number of aromatic nitrogens is 3. The number of carbonyl (C=O) groups excluding carboxylic acids is 1. The van der Waals surface area contributed by atoms with Crippen LogP contribution in [-0.4, -0.2) is 78.3 Å². The Balaban J connectivity index is 0.00000149. The summed E-state index contributed by atoms with van der Waals surface area (Å²) in [6, 6.07) is 10.4. The first-order chi connectivity index (χ1) is 16.1. The molecule has 1 amide bonds. The molecule has 3 aromatic rings. The van der Waals surface area contributed by atoms with Crippen molar-refractivity contribution in [3.63, 3.8) is 0 Å². The van der Waals surface area contributed by atoms with Crippen molar-refractivity contribution in [1.29, 1.82) is 0 Å². The summed E-state index contributed by atoms with van der Waals surface area (Å²) in [5.41, 5.74) is 4.78. The third kappa shape index (κ3) is 6.01. The van der Waals surface area contributed by atoms with Crippen molar-refractivity contribution >= 4 is 16.8 Å². The summed E-state index contributed by atoms with van der Waals surface area (Å²) in [6.45, 7) is 12.4. The maximum atomic E-state index is 12.6. The maximum Gasteiger partial charge on any atom is 0.271 e. The average molecular weight is 456 g/mol. The standard InChI is InChI=1S/C23H31N5O3.C2H6/c1-17-14-19-15-18(4-5-21(19)28(17)10-11-30-3)22-16-20(25-26(22)2)23(29)24-6-7-27-8-12-31-13-9-27;1-2/h4-5,14-16H,6-13H2,1-3H3,(H,24,29);1-2H3. The Kier molecular flexibility index (Phi) is 9.05. The number of carbonyl (C=O) groups is 1. The molecular formula is C25H37N5O3. The van der Waals surface area contributed by atoms with Crippen LogP contribution in [0.1, 0.15) is 30.0 Å². The van der Waals surface area contributed by atoms with Gasteiger partial charge < -0.3 is 19.4 Å². The number of hydrogen-bond donors (Lipinski definition) is 1. The van der Waals surface area contributed by atoms with Gasteiger partial charge in [-0.15, -0.1) is 0 Å². The Labute approximate surface area is 196 Å². The van der Waals surface area contributed by atoms with Crippen LogP contribution in [0.5, 0.6) is 0 Å². The van der Waals surface area contributed by atoms with Gasteiger partial charge in [-0.3, -0.25) is 14.4 Å². The molecule has 0 unspecified atom stereocenters. The molecule has 0 saturated carbocycles. The maximum absolute atomic E-state index is 12.6. The largest absolute Gasteiger partial charge is 0.383 e. The Bertz CT molecular complexity index is 1050. The molecule has 0 atom stereocenters. The van der Waals surface area contributed by atoms with E-state index in [1.165, 1.54) is 16.6 Å². The number of nitrogens with one attached hydrogen (secondary N) is 1. The summed E-state index contributed by atoms with van der Waals surface area (Å²) in [4.78, 5) is 14.9. The van der Waals surface area contributed by atoms with Crippen LogP contribution in [-0.2, 0) is 23.1 Å². The Hall–Kier alpha value is -2.68. The van der Waals surface area contributed by atoms with E-state index in [0.717, 1.165) is 50.7 Å². The summed E-state index contributed by atoms with van der Waals surface area (Å²) in [6.07, 6.45) is 0. The van der Waals surface area contributed by atoms with Crippen LogP contribution >= 0.6 is 0 Å². The van der Waals surface area contributed by atoms with E-state index in [9.17, 15) is 4.79 Å². The summed E-state index contributed by atoms with van der Waals surface area (Å²) in [5.74, 6) is -0.141. The first kappa shape index (κ1) is 25.0. The molecule has 1 saturated heterocycles. The zero-order chi connectivity index (χ0) is 23.8. The number of amides is 1. The molecule has 1 aromatic carbocycles. The molecule has 1 aliphatic heterocycles. The minimum absolute atomic E-state index is 0.141. The highest BCUT2D eigenvalue weighted by Gasteiger charge is 2.16. The Morgan fingerprint density at radius 2 is 1.91 bits per heavy atom. The number of methoxy groups -OCH3 is 1. The number of ether oxygens (including phenoxy) is 2. The third-order valence-electron chi connectivity index (χ3n) is 5.85. The third-order valence-corrected chi connectivity index (χ3v) is 5.85. The second-order valence-corrected chi connectivity index (χ2v) is 7.95. The van der Waals surface area contributed by atoms with Crippen LogP contribution < -0.4 is 5.32 Å². The highest BCUT2D eigenvalue weighted by molar-refractivity contribution is 5.94. The van der Waals surface area contributed by atoms with E-state index < -0.39 is 0 Å². The van der Waals surface area contributed by atoms with Crippen LogP contribution in [0.4, 0.5) is 0 Å². The van der Waals surface area contributed by atoms with E-state index in [0.29, 0.717) is 18.8 Å². The van der Waals surface area contributed by atoms with Crippen molar-refractivity contribution in [2.75, 3.05) is 53.1 Å². The van der Waals surface area contributed by atoms with Gasteiger partial charge in [0.25, 0.3) is 5.91 Å². The van der Waals surface area contributed by atoms with E-state index in [1.807, 2.05) is 27.0 Å². The first-order valence-corrected chi connectivity index (χ1v) is 11.8. The second-order valence-electron chi connectivity index (χ2n) is 7.95. The Morgan fingerprint density at radius 3 is 2.64 bits per heavy atom. The van der Waals surface area contributed by atoms with E-state index >= 15 is 0 Å². The van der Waals surface area contributed by atoms with E-state index in [4.69, 9.17) is 9.47 Å². The molecule has 180 valence electrons. The van der Waals surface area contributed by atoms with Gasteiger partial charge >= 0.3 is 0 Å². The van der Waals surface area contributed by atoms with Crippen molar-refractivity contribution in [3.8, 4) is 11.3 Å². The zero-order valence-electron chi connectivity index (χ0n) is 20.6. The lowest BCUT2D eigenvalue weighted by Crippen LogP contribution is -2.41. The fourth-order valence-electron chi connectivity index (χ4n) is 4.14. The number of benzene rings is 1. The fourth-order valence-corrected chi connectivity index (χ4v) is 4.14. The minimum atomic E-state index is -0.141. The van der Waals surface area contributed by atoms with Gasteiger partial charge in [-0.05, 0) is 31.2 Å². The van der Waals surface area contributed by atoms with Crippen molar-refractivity contribution in [1.82, 2.24) is 24.6 Å². The first-order valence-electron chi connectivity index (χ1n) is 11.8. The van der Waals surface area contributed by atoms with Crippen LogP contribution in [0.25, 0.3) is 22.2 Å². The lowest BCUT2D eigenvalue weighted by molar-refractivity contribution is 0.0383. The van der Waals surface area contributed by atoms with Crippen LogP contribution in [0, 0.1) is 6.92 Å². The SMILES string of the molecule is CC.COCCn1c(C)cc2cc(-c3cc(C(=O)NCCN4CCOCC4)nn3C)ccc21. The molecule has 33 heavy (non-hydrogen) atoms. The van der Waals surface area contributed by atoms with Gasteiger partial charge in [0.05, 0.1) is 25.5 Å². The zero-order valence-corrected chi connectivity index (χ0v) is 20.6. The number of fused-ring (bicyclic) bond motifs is 1. The number of nitrogens with zero attached hydrogens (tertiary/aromatic N) is 4. The molecule has 0 spiro atoms. The molecule has 8 heteroatoms. The van der Waals surface area contributed by atoms with Crippen LogP contribution in [0.2, 0.25) is 0 Å². The van der Waals surface area contributed by atoms with Gasteiger partial charge in [-0.25, -0.2) is 0 Å². The van der Waals surface area contributed by atoms with Gasteiger partial charge in [0.1, 0.15) is 0 Å². The van der Waals surface area contributed by atoms with E-state index in [2.05, 4.69) is 51.1 Å². The molecule has 2 aromatic heterocycles. The van der Waals surface area contributed by atoms with Crippen molar-refractivity contribution in [3.05, 3.63) is 41.7 Å². The molecule has 0 bridgehead atoms. The predicted molar refractivity (Wildman–Crippen MR) is 132 cm³/mol. The minimum Gasteiger partial charge on any atom is -0.383 e. The van der Waals surface area contributed by atoms with Gasteiger partial charge in [-0.2, -0.15) is 5.10 Å². The van der Waals surface area contributed by atoms with Crippen LogP contribution in [0.3, 0.4) is 0 Å². The summed E-state index contributed by atoms with van der Waals surface area (Å²) < 4.78 is 14.6. The molecule has 1 aliphatic rings. The summed E-state index contributed by atoms with van der Waals surface area (Å²) in [7, 11) is 3.59. The van der Waals surface area contributed by atoms with Gasteiger partial charge in [0, 0.05) is 69.0 Å². The van der Waals surface area contributed by atoms with Gasteiger partial charge in [0.2, 0.25) is 0 Å². The molecule has 0 radical (unpaired) electrons. The smallest absolute Gasteiger partial charge is 0.271 e.